The Balaban J connectivity index is 1.18. The van der Waals surface area contributed by atoms with E-state index in [2.05, 4.69) is 26.3 Å². The second-order valence-corrected chi connectivity index (χ2v) is 16.6. The highest BCUT2D eigenvalue weighted by molar-refractivity contribution is 6.37. The van der Waals surface area contributed by atoms with Gasteiger partial charge in [-0.25, -0.2) is 9.48 Å². The van der Waals surface area contributed by atoms with Crippen LogP contribution in [0.4, 0.5) is 4.79 Å². The number of Topliss-reactive ketones (excluding diaryl/α,β-unsaturated/α-hetero) is 1. The van der Waals surface area contributed by atoms with Crippen LogP contribution in [0.2, 0.25) is 0 Å². The molecular formula is C45H56N8O8. The van der Waals surface area contributed by atoms with Crippen LogP contribution in [0.25, 0.3) is 10.8 Å². The molecule has 0 bridgehead atoms. The third-order valence-electron chi connectivity index (χ3n) is 11.6. The zero-order chi connectivity index (χ0) is 43.5. The van der Waals surface area contributed by atoms with E-state index in [-0.39, 0.29) is 38.5 Å². The maximum absolute atomic E-state index is 14.9. The Morgan fingerprint density at radius 3 is 2.33 bits per heavy atom. The number of nitrogens with zero attached hydrogens (tertiary/aromatic N) is 4. The molecule has 1 aliphatic carbocycles. The van der Waals surface area contributed by atoms with Crippen molar-refractivity contribution in [1.82, 2.24) is 35.8 Å². The summed E-state index contributed by atoms with van der Waals surface area (Å²) in [5.74, 6) is -3.62. The van der Waals surface area contributed by atoms with E-state index in [0.717, 1.165) is 48.4 Å². The van der Waals surface area contributed by atoms with Gasteiger partial charge in [0, 0.05) is 25.1 Å². The van der Waals surface area contributed by atoms with Gasteiger partial charge in [0.2, 0.25) is 17.6 Å². The molecule has 16 heteroatoms. The number of hydrogen-bond acceptors (Lipinski definition) is 10. The van der Waals surface area contributed by atoms with Gasteiger partial charge in [-0.2, -0.15) is 0 Å². The molecular weight excluding hydrogens is 781 g/mol. The smallest absolute Gasteiger partial charge is 0.407 e. The lowest BCUT2D eigenvalue weighted by Crippen LogP contribution is -2.56. The Morgan fingerprint density at radius 2 is 1.62 bits per heavy atom. The lowest BCUT2D eigenvalue weighted by molar-refractivity contribution is -0.142. The van der Waals surface area contributed by atoms with E-state index in [1.165, 1.54) is 9.58 Å². The van der Waals surface area contributed by atoms with Crippen LogP contribution in [0.3, 0.4) is 0 Å². The van der Waals surface area contributed by atoms with E-state index in [4.69, 9.17) is 10.5 Å². The van der Waals surface area contributed by atoms with Crippen LogP contribution in [0.1, 0.15) is 106 Å². The number of benzene rings is 3. The van der Waals surface area contributed by atoms with E-state index in [9.17, 15) is 33.9 Å². The van der Waals surface area contributed by atoms with Crippen molar-refractivity contribution < 1.29 is 38.6 Å². The summed E-state index contributed by atoms with van der Waals surface area (Å²) in [4.78, 5) is 82.0. The van der Waals surface area contributed by atoms with Crippen molar-refractivity contribution in [3.05, 3.63) is 95.8 Å². The van der Waals surface area contributed by atoms with Crippen LogP contribution in [-0.2, 0) is 36.1 Å². The molecule has 0 radical (unpaired) electrons. The molecule has 5 amide bonds. The molecule has 2 aliphatic rings. The van der Waals surface area contributed by atoms with Gasteiger partial charge in [0.05, 0.1) is 18.3 Å². The fourth-order valence-electron chi connectivity index (χ4n) is 8.13. The first-order valence-electron chi connectivity index (χ1n) is 21.1. The number of primary amides is 1. The number of amides is 5. The average Bonchev–Trinajstić information content (AvgIpc) is 3.94. The maximum Gasteiger partial charge on any atom is 0.407 e. The standard InChI is InChI=1S/C45H56N8O8/c1-45(2,60)38-27-53(51-50-38)34-25-37(42(57)48-35(39(54)40(46)55)19-11-12-22-47-44(59)61-28-30-15-7-4-8-16-30)52(26-34)43(58)36(23-29-13-5-3-6-14-29)49-41(56)33-21-20-31-17-9-10-18-32(31)24-33/h4,7-10,15-18,20-21,24,27,29,34-37,60H,3,5-6,11-14,19,22-23,25-26,28H2,1-2H3,(H2,46,55)(H,47,59)(H,48,57)(H,49,56)/t34-,35?,36-,37+/m1/s1. The molecule has 6 N–H and O–H groups in total. The molecule has 6 rings (SSSR count). The summed E-state index contributed by atoms with van der Waals surface area (Å²) in [6, 6.07) is 18.3. The fraction of sp³-hybridized carbons (Fsp3) is 0.467. The second kappa shape index (κ2) is 20.4. The van der Waals surface area contributed by atoms with E-state index >= 15 is 0 Å². The van der Waals surface area contributed by atoms with E-state index in [1.807, 2.05) is 60.7 Å². The number of hydrogen-bond donors (Lipinski definition) is 5. The Kier molecular flexibility index (Phi) is 14.8. The Bertz CT molecular complexity index is 2180. The van der Waals surface area contributed by atoms with Crippen LogP contribution in [0.15, 0.2) is 79.0 Å². The van der Waals surface area contributed by atoms with E-state index in [1.54, 1.807) is 32.2 Å². The number of unbranched alkanes of at least 4 members (excludes halogenated alkanes) is 1. The normalized spacial score (nSPS) is 17.9. The third kappa shape index (κ3) is 12.0. The summed E-state index contributed by atoms with van der Waals surface area (Å²) < 4.78 is 6.75. The molecule has 2 heterocycles. The van der Waals surface area contributed by atoms with Gasteiger partial charge in [-0.1, -0.05) is 98.0 Å². The molecule has 1 unspecified atom stereocenters. The number of rotatable bonds is 18. The van der Waals surface area contributed by atoms with E-state index in [0.29, 0.717) is 30.5 Å². The molecule has 61 heavy (non-hydrogen) atoms. The molecule has 0 spiro atoms. The molecule has 4 aromatic rings. The monoisotopic (exact) mass is 836 g/mol. The second-order valence-electron chi connectivity index (χ2n) is 16.6. The number of ether oxygens (including phenoxy) is 1. The number of carbonyl (C=O) groups excluding carboxylic acids is 6. The highest BCUT2D eigenvalue weighted by Crippen LogP contribution is 2.32. The molecule has 1 aromatic heterocycles. The first-order valence-corrected chi connectivity index (χ1v) is 21.1. The highest BCUT2D eigenvalue weighted by atomic mass is 16.5. The summed E-state index contributed by atoms with van der Waals surface area (Å²) in [6.45, 7) is 3.47. The molecule has 1 saturated carbocycles. The summed E-state index contributed by atoms with van der Waals surface area (Å²) in [6.07, 6.45) is 7.08. The summed E-state index contributed by atoms with van der Waals surface area (Å²) >= 11 is 0. The third-order valence-corrected chi connectivity index (χ3v) is 11.6. The number of likely N-dealkylation sites (tertiary alicyclic amines) is 1. The molecule has 16 nitrogen and oxygen atoms in total. The minimum absolute atomic E-state index is 0.0130. The zero-order valence-corrected chi connectivity index (χ0v) is 34.8. The largest absolute Gasteiger partial charge is 0.445 e. The van der Waals surface area contributed by atoms with Gasteiger partial charge in [0.15, 0.2) is 0 Å². The summed E-state index contributed by atoms with van der Waals surface area (Å²) in [7, 11) is 0. The van der Waals surface area contributed by atoms with Crippen LogP contribution >= 0.6 is 0 Å². The molecule has 1 aliphatic heterocycles. The van der Waals surface area contributed by atoms with E-state index < -0.39 is 65.3 Å². The SMILES string of the molecule is CC(C)(O)c1cn([C@@H]2C[C@@H](C(=O)NC(CCCCNC(=O)OCc3ccccc3)C(=O)C(N)=O)N(C(=O)[C@@H](CC3CCCCC3)NC(=O)c3ccc4ccccc4c3)C2)nn1. The minimum Gasteiger partial charge on any atom is -0.445 e. The first-order chi connectivity index (χ1) is 29.3. The number of aliphatic hydroxyl groups is 1. The van der Waals surface area contributed by atoms with Crippen LogP contribution in [-0.4, -0.2) is 91.7 Å². The predicted molar refractivity (Wildman–Crippen MR) is 225 cm³/mol. The van der Waals surface area contributed by atoms with Gasteiger partial charge in [-0.05, 0) is 73.9 Å². The van der Waals surface area contributed by atoms with Gasteiger partial charge >= 0.3 is 6.09 Å². The van der Waals surface area contributed by atoms with Crippen molar-refractivity contribution in [3.8, 4) is 0 Å². The summed E-state index contributed by atoms with van der Waals surface area (Å²) in [5, 5.41) is 29.2. The number of nitrogens with one attached hydrogen (secondary N) is 3. The maximum atomic E-state index is 14.9. The van der Waals surface area contributed by atoms with Gasteiger partial charge < -0.3 is 36.4 Å². The van der Waals surface area contributed by atoms with Gasteiger partial charge in [-0.3, -0.25) is 24.0 Å². The molecule has 2 fully saturated rings. The first kappa shape index (κ1) is 44.4. The number of alkyl carbamates (subject to hydrolysis) is 1. The average molecular weight is 837 g/mol. The Morgan fingerprint density at radius 1 is 0.902 bits per heavy atom. The number of fused-ring (bicyclic) bond motifs is 1. The fourth-order valence-corrected chi connectivity index (χ4v) is 8.13. The molecule has 3 aromatic carbocycles. The van der Waals surface area contributed by atoms with Crippen molar-refractivity contribution in [2.45, 2.75) is 114 Å². The highest BCUT2D eigenvalue weighted by Gasteiger charge is 2.45. The van der Waals surface area contributed by atoms with Gasteiger partial charge in [-0.15, -0.1) is 5.10 Å². The number of ketones is 1. The van der Waals surface area contributed by atoms with Crippen LogP contribution in [0, 0.1) is 5.92 Å². The predicted octanol–water partition coefficient (Wildman–Crippen LogP) is 4.21. The lowest BCUT2D eigenvalue weighted by atomic mass is 9.84. The van der Waals surface area contributed by atoms with Crippen molar-refractivity contribution in [2.24, 2.45) is 11.7 Å². The number of carbonyl (C=O) groups is 6. The topological polar surface area (TPSA) is 228 Å². The Hall–Kier alpha value is -6.16. The van der Waals surface area contributed by atoms with Gasteiger partial charge in [0.25, 0.3) is 11.8 Å². The molecule has 324 valence electrons. The quantitative estimate of drug-likeness (QED) is 0.0709. The summed E-state index contributed by atoms with van der Waals surface area (Å²) in [5.41, 5.74) is 5.64. The van der Waals surface area contributed by atoms with Crippen molar-refractivity contribution in [2.75, 3.05) is 13.1 Å². The van der Waals surface area contributed by atoms with Crippen molar-refractivity contribution >= 4 is 46.3 Å². The zero-order valence-electron chi connectivity index (χ0n) is 34.8. The minimum atomic E-state index is -1.30. The van der Waals surface area contributed by atoms with Crippen LogP contribution in [0.5, 0.6) is 0 Å². The number of nitrogens with two attached hydrogens (primary N) is 1. The molecule has 1 saturated heterocycles. The van der Waals surface area contributed by atoms with Crippen LogP contribution < -0.4 is 21.7 Å². The van der Waals surface area contributed by atoms with Crippen molar-refractivity contribution in [1.29, 1.82) is 0 Å². The lowest BCUT2D eigenvalue weighted by Gasteiger charge is -2.32. The Labute approximate surface area is 354 Å². The van der Waals surface area contributed by atoms with Crippen molar-refractivity contribution in [3.63, 3.8) is 0 Å². The number of aromatic nitrogens is 3. The van der Waals surface area contributed by atoms with Gasteiger partial charge in [0.1, 0.15) is 30.0 Å². The molecule has 4 atom stereocenters.